The molecule has 9 atom stereocenters. The lowest BCUT2D eigenvalue weighted by Gasteiger charge is -2.28. The molecule has 4 aromatic carbocycles. The van der Waals surface area contributed by atoms with Crippen LogP contribution >= 0.6 is 23.4 Å². The highest BCUT2D eigenvalue weighted by Crippen LogP contribution is 2.17. The number of nitrogens with one attached hydrogen (secondary N) is 9. The second kappa shape index (κ2) is 32.4. The summed E-state index contributed by atoms with van der Waals surface area (Å²) in [6.07, 6.45) is -0.924. The molecule has 10 amide bonds. The zero-order chi connectivity index (χ0) is 60.8. The van der Waals surface area contributed by atoms with E-state index in [0.717, 1.165) is 0 Å². The summed E-state index contributed by atoms with van der Waals surface area (Å²) in [6, 6.07) is 11.0. The largest absolute Gasteiger partial charge is 0.508 e. The van der Waals surface area contributed by atoms with E-state index in [1.165, 1.54) is 79.7 Å². The number of nitrogens with two attached hydrogens (primary N) is 3. The normalized spacial score (nSPS) is 20.7. The Labute approximate surface area is 488 Å². The quantitative estimate of drug-likeness (QED) is 0.0443. The number of rotatable bonds is 21. The highest BCUT2D eigenvalue weighted by Gasteiger charge is 2.37. The molecule has 0 radical (unpaired) electrons. The number of carbonyl (C=O) groups is 10. The molecule has 446 valence electrons. The number of halogens is 1. The van der Waals surface area contributed by atoms with Crippen molar-refractivity contribution in [3.63, 3.8) is 0 Å². The molecule has 1 aliphatic rings. The molecule has 1 fully saturated rings. The van der Waals surface area contributed by atoms with Crippen LogP contribution in [-0.2, 0) is 64.0 Å². The number of hydrogen-bond acceptors (Lipinski definition) is 16. The van der Waals surface area contributed by atoms with E-state index in [2.05, 4.69) is 47.9 Å². The molecule has 83 heavy (non-hydrogen) atoms. The number of benzene rings is 4. The summed E-state index contributed by atoms with van der Waals surface area (Å²) in [6.45, 7) is 1.06. The monoisotopic (exact) mass is 1190 g/mol. The molecular weight excluding hydrogens is 1120 g/mol. The first-order valence-corrected chi connectivity index (χ1v) is 28.0. The van der Waals surface area contributed by atoms with Gasteiger partial charge in [-0.1, -0.05) is 84.7 Å². The van der Waals surface area contributed by atoms with Crippen LogP contribution in [0.15, 0.2) is 97.1 Å². The lowest BCUT2D eigenvalue weighted by molar-refractivity contribution is -0.137. The Hall–Kier alpha value is -8.30. The molecule has 0 saturated carbocycles. The van der Waals surface area contributed by atoms with Crippen LogP contribution in [0.4, 0.5) is 4.79 Å². The maximum Gasteiger partial charge on any atom is 0.279 e. The number of amides is 10. The van der Waals surface area contributed by atoms with Gasteiger partial charge in [-0.15, -0.1) is 0 Å². The Morgan fingerprint density at radius 1 is 0.663 bits per heavy atom. The molecule has 1 unspecified atom stereocenters. The van der Waals surface area contributed by atoms with Crippen molar-refractivity contribution in [1.29, 1.82) is 0 Å². The van der Waals surface area contributed by atoms with Crippen LogP contribution in [0.25, 0.3) is 0 Å². The van der Waals surface area contributed by atoms with Crippen LogP contribution in [0, 0.1) is 0 Å². The maximum absolute atomic E-state index is 14.8. The van der Waals surface area contributed by atoms with Gasteiger partial charge in [-0.3, -0.25) is 47.9 Å². The van der Waals surface area contributed by atoms with Crippen LogP contribution in [0.2, 0.25) is 5.02 Å². The molecule has 1 saturated heterocycles. The van der Waals surface area contributed by atoms with Gasteiger partial charge < -0.3 is 80.4 Å². The standard InChI is InChI=1S/C56H71ClN12O13S/c1-30(70)46-55(81)67-44(53(79)64-41(48(60)74)25-33-11-19-37(71)20-12-33)28-62-56(82)83-29-45(68-49(75)39(58)24-31-9-17-36(57)18-10-31)54(80)66-43(27-34-13-21-38(72)22-14-34)52(78)65-42(26-32-7-15-35(16-8-32)47(59)73)51(77)63-40(50(76)69-46)6-4-3-5-23-61-2/h7-22,30,39-46,61,70-72H,3-6,23-29,58H2,1-2H3,(H2,59,73)(H2,60,74)(H,62,82)(H,63,77)(H,64,79)(H,65,78)(H,66,80)(H,67,81)(H,68,75)(H,69,76)/t30?,39-,40-,41+,42+,43-,44-,45+,46-/m0/s1. The highest BCUT2D eigenvalue weighted by atomic mass is 35.5. The van der Waals surface area contributed by atoms with Crippen molar-refractivity contribution in [3.05, 3.63) is 130 Å². The van der Waals surface area contributed by atoms with Gasteiger partial charge in [-0.05, 0) is 111 Å². The molecule has 27 heteroatoms. The molecule has 0 aliphatic carbocycles. The third kappa shape index (κ3) is 21.5. The fourth-order valence-electron chi connectivity index (χ4n) is 8.56. The van der Waals surface area contributed by atoms with Crippen molar-refractivity contribution < 1.29 is 63.3 Å². The fraction of sp³-hybridized carbons (Fsp3) is 0.393. The zero-order valence-electron chi connectivity index (χ0n) is 45.7. The van der Waals surface area contributed by atoms with Crippen molar-refractivity contribution >= 4 is 81.8 Å². The van der Waals surface area contributed by atoms with Gasteiger partial charge in [-0.2, -0.15) is 0 Å². The van der Waals surface area contributed by atoms with Gasteiger partial charge in [0.05, 0.1) is 12.1 Å². The summed E-state index contributed by atoms with van der Waals surface area (Å²) in [5, 5.41) is 53.9. The first kappa shape index (κ1) is 65.5. The van der Waals surface area contributed by atoms with E-state index in [4.69, 9.17) is 28.8 Å². The first-order chi connectivity index (χ1) is 39.5. The zero-order valence-corrected chi connectivity index (χ0v) is 47.2. The van der Waals surface area contributed by atoms with Gasteiger partial charge in [0, 0.05) is 42.1 Å². The van der Waals surface area contributed by atoms with Crippen LogP contribution < -0.4 is 65.1 Å². The number of primary amides is 2. The molecule has 0 aromatic heterocycles. The van der Waals surface area contributed by atoms with Crippen molar-refractivity contribution in [3.8, 4) is 11.5 Å². The summed E-state index contributed by atoms with van der Waals surface area (Å²) in [5.41, 5.74) is 19.5. The van der Waals surface area contributed by atoms with E-state index in [9.17, 15) is 63.3 Å². The predicted molar refractivity (Wildman–Crippen MR) is 308 cm³/mol. The number of hydrogen-bond donors (Lipinski definition) is 15. The fourth-order valence-corrected chi connectivity index (χ4v) is 9.42. The van der Waals surface area contributed by atoms with E-state index in [-0.39, 0.29) is 49.2 Å². The van der Waals surface area contributed by atoms with Crippen LogP contribution in [0.5, 0.6) is 11.5 Å². The molecule has 5 rings (SSSR count). The highest BCUT2D eigenvalue weighted by molar-refractivity contribution is 8.13. The molecule has 1 heterocycles. The van der Waals surface area contributed by atoms with E-state index >= 15 is 0 Å². The van der Waals surface area contributed by atoms with Gasteiger partial charge in [0.2, 0.25) is 53.2 Å². The van der Waals surface area contributed by atoms with Gasteiger partial charge in [0.15, 0.2) is 0 Å². The van der Waals surface area contributed by atoms with E-state index in [1.807, 2.05) is 0 Å². The number of unbranched alkanes of at least 4 members (excludes halogenated alkanes) is 2. The van der Waals surface area contributed by atoms with Crippen molar-refractivity contribution in [1.82, 2.24) is 47.9 Å². The molecule has 25 nitrogen and oxygen atoms in total. The Balaban J connectivity index is 1.59. The van der Waals surface area contributed by atoms with Crippen molar-refractivity contribution in [2.45, 2.75) is 113 Å². The van der Waals surface area contributed by atoms with Crippen molar-refractivity contribution in [2.24, 2.45) is 17.2 Å². The van der Waals surface area contributed by atoms with E-state index < -0.39 is 125 Å². The van der Waals surface area contributed by atoms with Gasteiger partial charge in [0.25, 0.3) is 5.24 Å². The van der Waals surface area contributed by atoms with Gasteiger partial charge in [-0.25, -0.2) is 0 Å². The number of aromatic hydroxyl groups is 2. The van der Waals surface area contributed by atoms with Gasteiger partial charge >= 0.3 is 0 Å². The molecule has 0 bridgehead atoms. The van der Waals surface area contributed by atoms with Gasteiger partial charge in [0.1, 0.15) is 53.8 Å². The minimum Gasteiger partial charge on any atom is -0.508 e. The Morgan fingerprint density at radius 3 is 1.73 bits per heavy atom. The van der Waals surface area contributed by atoms with Crippen LogP contribution in [0.1, 0.15) is 65.2 Å². The summed E-state index contributed by atoms with van der Waals surface area (Å²) in [4.78, 5) is 140. The Morgan fingerprint density at radius 2 is 1.18 bits per heavy atom. The SMILES string of the molecule is CNCCCCC[C@@H]1NC(=O)[C@@H](Cc2ccc(C(N)=O)cc2)NC(=O)[C@H](Cc2ccc(O)cc2)NC(=O)[C@H](NC(=O)[C@@H](N)Cc2ccc(Cl)cc2)CSC(=O)NC[C@@H](C(=O)N[C@H](Cc2ccc(O)cc2)C(N)=O)NC(=O)[C@H](C(C)O)NC1=O. The first-order valence-electron chi connectivity index (χ1n) is 26.6. The number of carbonyl (C=O) groups excluding carboxylic acids is 10. The van der Waals surface area contributed by atoms with Crippen molar-refractivity contribution in [2.75, 3.05) is 25.9 Å². The lowest BCUT2D eigenvalue weighted by Crippen LogP contribution is -2.63. The second-order valence-electron chi connectivity index (χ2n) is 19.9. The smallest absolute Gasteiger partial charge is 0.279 e. The van der Waals surface area contributed by atoms with E-state index in [0.29, 0.717) is 64.8 Å². The molecule has 4 aromatic rings. The topological polar surface area (TPSA) is 418 Å². The average Bonchev–Trinajstić information content (AvgIpc) is 3.45. The maximum atomic E-state index is 14.8. The number of thioether (sulfide) groups is 1. The summed E-state index contributed by atoms with van der Waals surface area (Å²) in [5.74, 6) is -9.44. The minimum absolute atomic E-state index is 0.0273. The van der Waals surface area contributed by atoms with Crippen LogP contribution in [-0.4, -0.2) is 154 Å². The number of aliphatic hydroxyl groups is 1. The minimum atomic E-state index is -1.84. The summed E-state index contributed by atoms with van der Waals surface area (Å²) in [7, 11) is 1.76. The average molecular weight is 1190 g/mol. The lowest BCUT2D eigenvalue weighted by atomic mass is 10.00. The van der Waals surface area contributed by atoms with E-state index in [1.54, 1.807) is 31.3 Å². The number of phenolic OH excluding ortho intramolecular Hbond substituents is 2. The second-order valence-corrected chi connectivity index (χ2v) is 21.3. The summed E-state index contributed by atoms with van der Waals surface area (Å²) < 4.78 is 0. The Kier molecular flexibility index (Phi) is 25.5. The Bertz CT molecular complexity index is 2900. The predicted octanol–water partition coefficient (Wildman–Crippen LogP) is -1.06. The molecule has 0 spiro atoms. The third-order valence-corrected chi connectivity index (χ3v) is 14.4. The summed E-state index contributed by atoms with van der Waals surface area (Å²) >= 11 is 6.49. The molecular formula is C56H71ClN12O13S. The number of phenols is 2. The molecule has 18 N–H and O–H groups in total. The molecule has 1 aliphatic heterocycles. The third-order valence-electron chi connectivity index (χ3n) is 13.3. The van der Waals surface area contributed by atoms with Crippen LogP contribution in [0.3, 0.4) is 0 Å². The number of aliphatic hydroxyl groups excluding tert-OH is 1.